The van der Waals surface area contributed by atoms with E-state index in [-0.39, 0.29) is 0 Å². The largest absolute Gasteiger partial charge is 0.331 e. The molecule has 0 fully saturated rings. The van der Waals surface area contributed by atoms with Gasteiger partial charge in [0.1, 0.15) is 8.24 Å². The summed E-state index contributed by atoms with van der Waals surface area (Å²) in [6.07, 6.45) is 7.89. The summed E-state index contributed by atoms with van der Waals surface area (Å²) >= 11 is 0. The minimum atomic E-state index is -1.40. The van der Waals surface area contributed by atoms with Crippen molar-refractivity contribution in [2.75, 3.05) is 0 Å². The van der Waals surface area contributed by atoms with Gasteiger partial charge in [0.25, 0.3) is 0 Å². The molecule has 0 spiro atoms. The summed E-state index contributed by atoms with van der Waals surface area (Å²) in [7, 11) is -1.40. The van der Waals surface area contributed by atoms with Crippen molar-refractivity contribution in [1.29, 1.82) is 0 Å². The summed E-state index contributed by atoms with van der Waals surface area (Å²) < 4.78 is 0. The molecule has 0 saturated heterocycles. The summed E-state index contributed by atoms with van der Waals surface area (Å²) in [5.41, 5.74) is 2.31. The fourth-order valence-electron chi connectivity index (χ4n) is 2.51. The van der Waals surface area contributed by atoms with Crippen LogP contribution in [0.3, 0.4) is 0 Å². The predicted molar refractivity (Wildman–Crippen MR) is 82.9 cm³/mol. The van der Waals surface area contributed by atoms with Crippen LogP contribution in [0.1, 0.15) is 66.2 Å². The van der Waals surface area contributed by atoms with Crippen LogP contribution in [0.2, 0.25) is 12.1 Å². The smallest absolute Gasteiger partial charge is 0.150 e. The fraction of sp³-hybridized carbons (Fsp3) is 0.867. The Bertz CT molecular complexity index is 183. The van der Waals surface area contributed by atoms with Gasteiger partial charge in [0.05, 0.1) is 0 Å². The quantitative estimate of drug-likeness (QED) is 0.510. The third kappa shape index (κ3) is 7.05. The van der Waals surface area contributed by atoms with Crippen molar-refractivity contribution >= 4 is 8.24 Å². The highest BCUT2D eigenvalue weighted by Gasteiger charge is 2.29. The van der Waals surface area contributed by atoms with Gasteiger partial charge >= 0.3 is 0 Å². The number of hydrogen-bond donors (Lipinski definition) is 1. The molecular formula is C15H33NSi. The average Bonchev–Trinajstić information content (AvgIpc) is 2.33. The molecule has 0 aromatic carbocycles. The van der Waals surface area contributed by atoms with Crippen molar-refractivity contribution in [1.82, 2.24) is 4.98 Å². The molecule has 17 heavy (non-hydrogen) atoms. The Kier molecular flexibility index (Phi) is 9.85. The Morgan fingerprint density at radius 2 is 1.59 bits per heavy atom. The maximum absolute atomic E-state index is 4.15. The van der Waals surface area contributed by atoms with Crippen molar-refractivity contribution in [3.63, 3.8) is 0 Å². The van der Waals surface area contributed by atoms with E-state index in [1.807, 2.05) is 0 Å². The van der Waals surface area contributed by atoms with Crippen molar-refractivity contribution in [2.45, 2.75) is 84.3 Å². The maximum atomic E-state index is 4.15. The molecule has 0 radical (unpaired) electrons. The van der Waals surface area contributed by atoms with Crippen LogP contribution in [-0.2, 0) is 0 Å². The molecule has 0 aromatic rings. The topological polar surface area (TPSA) is 12.0 Å². The van der Waals surface area contributed by atoms with Gasteiger partial charge in [0, 0.05) is 0 Å². The molecule has 2 heteroatoms. The minimum Gasteiger partial charge on any atom is -0.331 e. The van der Waals surface area contributed by atoms with E-state index in [0.29, 0.717) is 6.04 Å². The van der Waals surface area contributed by atoms with E-state index in [1.54, 1.807) is 0 Å². The van der Waals surface area contributed by atoms with Crippen LogP contribution in [0.5, 0.6) is 0 Å². The first-order valence-electron chi connectivity index (χ1n) is 7.55. The normalized spacial score (nSPS) is 13.6. The molecule has 1 unspecified atom stereocenters. The Morgan fingerprint density at radius 3 is 1.94 bits per heavy atom. The Balaban J connectivity index is 4.47. The molecule has 0 amide bonds. The van der Waals surface area contributed by atoms with E-state index >= 15 is 0 Å². The Morgan fingerprint density at radius 1 is 1.06 bits per heavy atom. The first kappa shape index (κ1) is 16.9. The molecule has 0 aliphatic rings. The lowest BCUT2D eigenvalue weighted by Gasteiger charge is -2.33. The highest BCUT2D eigenvalue weighted by molar-refractivity contribution is 6.82. The van der Waals surface area contributed by atoms with E-state index in [2.05, 4.69) is 45.0 Å². The second-order valence-corrected chi connectivity index (χ2v) is 9.41. The van der Waals surface area contributed by atoms with Crippen molar-refractivity contribution < 1.29 is 0 Å². The molecule has 0 bridgehead atoms. The average molecular weight is 256 g/mol. The van der Waals surface area contributed by atoms with Crippen molar-refractivity contribution in [3.8, 4) is 0 Å². The van der Waals surface area contributed by atoms with Gasteiger partial charge in [-0.05, 0) is 24.6 Å². The highest BCUT2D eigenvalue weighted by Crippen LogP contribution is 2.21. The molecule has 0 heterocycles. The Labute approximate surface area is 110 Å². The summed E-state index contributed by atoms with van der Waals surface area (Å²) in [6, 6.07) is 3.42. The third-order valence-corrected chi connectivity index (χ3v) is 7.94. The number of unbranched alkanes of at least 4 members (excludes halogenated alkanes) is 2. The molecule has 0 saturated carbocycles. The second kappa shape index (κ2) is 9.90. The third-order valence-electron chi connectivity index (χ3n) is 3.60. The molecule has 0 rings (SSSR count). The SMILES string of the molecule is C=C[Si](CCCC)(CCCC)NC(C)CCC. The lowest BCUT2D eigenvalue weighted by atomic mass is 10.2. The number of rotatable bonds is 11. The van der Waals surface area contributed by atoms with Gasteiger partial charge in [-0.1, -0.05) is 65.5 Å². The lowest BCUT2D eigenvalue weighted by Crippen LogP contribution is -2.52. The molecule has 1 atom stereocenters. The predicted octanol–water partition coefficient (Wildman–Crippen LogP) is 5.04. The van der Waals surface area contributed by atoms with E-state index in [0.717, 1.165) is 0 Å². The highest BCUT2D eigenvalue weighted by atomic mass is 28.3. The van der Waals surface area contributed by atoms with E-state index < -0.39 is 8.24 Å². The second-order valence-electron chi connectivity index (χ2n) is 5.40. The van der Waals surface area contributed by atoms with Gasteiger partial charge in [0.15, 0.2) is 0 Å². The van der Waals surface area contributed by atoms with Crippen LogP contribution in [0.4, 0.5) is 0 Å². The van der Waals surface area contributed by atoms with E-state index in [9.17, 15) is 0 Å². The lowest BCUT2D eigenvalue weighted by molar-refractivity contribution is 0.590. The van der Waals surface area contributed by atoms with Gasteiger partial charge in [-0.2, -0.15) is 0 Å². The zero-order valence-corrected chi connectivity index (χ0v) is 13.5. The first-order valence-corrected chi connectivity index (χ1v) is 10.0. The molecule has 1 N–H and O–H groups in total. The van der Waals surface area contributed by atoms with Crippen LogP contribution in [0.15, 0.2) is 12.3 Å². The van der Waals surface area contributed by atoms with Crippen LogP contribution < -0.4 is 4.98 Å². The molecule has 0 aliphatic carbocycles. The summed E-state index contributed by atoms with van der Waals surface area (Å²) in [4.78, 5) is 3.97. The number of nitrogens with one attached hydrogen (secondary N) is 1. The van der Waals surface area contributed by atoms with Crippen molar-refractivity contribution in [2.24, 2.45) is 0 Å². The molecule has 1 nitrogen and oxygen atoms in total. The summed E-state index contributed by atoms with van der Waals surface area (Å²) in [6.45, 7) is 13.3. The summed E-state index contributed by atoms with van der Waals surface area (Å²) in [5, 5.41) is 0. The molecule has 0 aromatic heterocycles. The monoisotopic (exact) mass is 255 g/mol. The molecular weight excluding hydrogens is 222 g/mol. The summed E-state index contributed by atoms with van der Waals surface area (Å²) in [5.74, 6) is 0. The van der Waals surface area contributed by atoms with Crippen molar-refractivity contribution in [3.05, 3.63) is 12.3 Å². The van der Waals surface area contributed by atoms with Crippen LogP contribution in [0.25, 0.3) is 0 Å². The zero-order valence-electron chi connectivity index (χ0n) is 12.5. The van der Waals surface area contributed by atoms with Crippen LogP contribution >= 0.6 is 0 Å². The van der Waals surface area contributed by atoms with E-state index in [4.69, 9.17) is 0 Å². The minimum absolute atomic E-state index is 0.665. The molecule has 102 valence electrons. The van der Waals surface area contributed by atoms with Gasteiger partial charge in [-0.3, -0.25) is 0 Å². The van der Waals surface area contributed by atoms with Gasteiger partial charge in [-0.15, -0.1) is 6.58 Å². The van der Waals surface area contributed by atoms with Crippen LogP contribution in [0, 0.1) is 0 Å². The first-order chi connectivity index (χ1) is 8.14. The van der Waals surface area contributed by atoms with Gasteiger partial charge < -0.3 is 4.98 Å². The standard InChI is InChI=1S/C15H33NSi/c1-6-10-13-17(9-4,14-11-7-2)16-15(5)12-8-3/h9,15-16H,4,6-8,10-14H2,1-3,5H3. The van der Waals surface area contributed by atoms with Gasteiger partial charge in [0.2, 0.25) is 0 Å². The Hall–Kier alpha value is -0.0831. The zero-order chi connectivity index (χ0) is 13.1. The van der Waals surface area contributed by atoms with E-state index in [1.165, 1.54) is 50.6 Å². The fourth-order valence-corrected chi connectivity index (χ4v) is 6.67. The molecule has 0 aliphatic heterocycles. The maximum Gasteiger partial charge on any atom is 0.150 e. The van der Waals surface area contributed by atoms with Crippen LogP contribution in [-0.4, -0.2) is 14.3 Å². The van der Waals surface area contributed by atoms with Gasteiger partial charge in [-0.25, -0.2) is 0 Å². The number of hydrogen-bond acceptors (Lipinski definition) is 1.